The van der Waals surface area contributed by atoms with Crippen molar-refractivity contribution >= 4 is 44.6 Å². The number of halogens is 4. The highest BCUT2D eigenvalue weighted by Gasteiger charge is 2.34. The third kappa shape index (κ3) is 5.14. The molecule has 194 valence electrons. The number of hydrogen-bond donors (Lipinski definition) is 1. The van der Waals surface area contributed by atoms with Crippen molar-refractivity contribution < 1.29 is 22.7 Å². The Bertz CT molecular complexity index is 1660. The van der Waals surface area contributed by atoms with E-state index < -0.39 is 17.6 Å². The maximum atomic E-state index is 13.6. The van der Waals surface area contributed by atoms with Crippen molar-refractivity contribution in [3.8, 4) is 11.4 Å². The second-order valence-corrected chi connectivity index (χ2v) is 10.2. The third-order valence-electron chi connectivity index (χ3n) is 6.23. The zero-order valence-electron chi connectivity index (χ0n) is 20.4. The minimum Gasteiger partial charge on any atom is -0.489 e. The molecule has 0 aliphatic carbocycles. The Hall–Kier alpha value is -3.75. The van der Waals surface area contributed by atoms with Crippen LogP contribution in [0, 0.1) is 13.8 Å². The predicted octanol–water partition coefficient (Wildman–Crippen LogP) is 8.81. The van der Waals surface area contributed by atoms with Crippen LogP contribution in [-0.2, 0) is 12.8 Å². The number of nitrogens with zero attached hydrogens (tertiary/aromatic N) is 1. The summed E-state index contributed by atoms with van der Waals surface area (Å²) < 4.78 is 49.4. The molecule has 0 unspecified atom stereocenters. The third-order valence-corrected chi connectivity index (χ3v) is 7.48. The Balaban J connectivity index is 1.35. The van der Waals surface area contributed by atoms with E-state index in [4.69, 9.17) is 16.3 Å². The van der Waals surface area contributed by atoms with E-state index in [2.05, 4.69) is 5.32 Å². The zero-order chi connectivity index (χ0) is 27.0. The second kappa shape index (κ2) is 10.2. The van der Waals surface area contributed by atoms with Gasteiger partial charge >= 0.3 is 6.18 Å². The number of anilines is 1. The standard InChI is InChI=1S/C29H22ClF3N2O2S/c1-17-12-23(18(2)35(17)26-9-4-3-8-25(26)29(31,32)33)28(36)34-21-6-5-7-22(14-21)37-15-19-16-38-27-11-10-20(30)13-24(19)27/h3-14,16H,15H2,1-2H3,(H,34,36). The number of aryl methyl sites for hydroxylation is 1. The van der Waals surface area contributed by atoms with Gasteiger partial charge in [-0.3, -0.25) is 4.79 Å². The summed E-state index contributed by atoms with van der Waals surface area (Å²) in [4.78, 5) is 13.1. The highest BCUT2D eigenvalue weighted by atomic mass is 35.5. The van der Waals surface area contributed by atoms with E-state index in [1.165, 1.54) is 16.7 Å². The Morgan fingerprint density at radius 3 is 2.61 bits per heavy atom. The molecule has 1 amide bonds. The summed E-state index contributed by atoms with van der Waals surface area (Å²) >= 11 is 7.75. The molecule has 0 bridgehead atoms. The van der Waals surface area contributed by atoms with Gasteiger partial charge in [-0.1, -0.05) is 29.8 Å². The Labute approximate surface area is 226 Å². The van der Waals surface area contributed by atoms with Crippen molar-refractivity contribution in [1.29, 1.82) is 0 Å². The van der Waals surface area contributed by atoms with Crippen LogP contribution in [0.3, 0.4) is 0 Å². The van der Waals surface area contributed by atoms with Gasteiger partial charge in [0.2, 0.25) is 0 Å². The van der Waals surface area contributed by atoms with E-state index in [-0.39, 0.29) is 11.3 Å². The van der Waals surface area contributed by atoms with Gasteiger partial charge in [0, 0.05) is 43.8 Å². The normalized spacial score (nSPS) is 11.6. The van der Waals surface area contributed by atoms with Gasteiger partial charge in [-0.15, -0.1) is 11.3 Å². The lowest BCUT2D eigenvalue weighted by Gasteiger charge is -2.17. The van der Waals surface area contributed by atoms with Crippen molar-refractivity contribution in [3.05, 3.63) is 111 Å². The van der Waals surface area contributed by atoms with Gasteiger partial charge in [0.15, 0.2) is 0 Å². The van der Waals surface area contributed by atoms with Crippen LogP contribution in [0.15, 0.2) is 78.2 Å². The molecule has 5 rings (SSSR count). The minimum absolute atomic E-state index is 0.0216. The lowest BCUT2D eigenvalue weighted by molar-refractivity contribution is -0.137. The molecule has 0 spiro atoms. The predicted molar refractivity (Wildman–Crippen MR) is 146 cm³/mol. The van der Waals surface area contributed by atoms with Gasteiger partial charge in [-0.05, 0) is 67.8 Å². The van der Waals surface area contributed by atoms with Crippen LogP contribution in [-0.4, -0.2) is 10.5 Å². The van der Waals surface area contributed by atoms with Crippen LogP contribution in [0.4, 0.5) is 18.9 Å². The molecule has 0 aliphatic heterocycles. The van der Waals surface area contributed by atoms with E-state index >= 15 is 0 Å². The molecular weight excluding hydrogens is 533 g/mol. The van der Waals surface area contributed by atoms with Crippen molar-refractivity contribution in [1.82, 2.24) is 4.57 Å². The molecule has 0 fully saturated rings. The summed E-state index contributed by atoms with van der Waals surface area (Å²) in [5, 5.41) is 6.56. The first-order chi connectivity index (χ1) is 18.1. The monoisotopic (exact) mass is 554 g/mol. The van der Waals surface area contributed by atoms with E-state index in [9.17, 15) is 18.0 Å². The van der Waals surface area contributed by atoms with E-state index in [0.717, 1.165) is 21.7 Å². The summed E-state index contributed by atoms with van der Waals surface area (Å²) in [5.41, 5.74) is 1.94. The van der Waals surface area contributed by atoms with Crippen molar-refractivity contribution in [2.75, 3.05) is 5.32 Å². The number of hydrogen-bond acceptors (Lipinski definition) is 3. The van der Waals surface area contributed by atoms with Crippen LogP contribution in [0.5, 0.6) is 5.75 Å². The number of carbonyl (C=O) groups excluding carboxylic acids is 1. The van der Waals surface area contributed by atoms with Crippen molar-refractivity contribution in [2.24, 2.45) is 0 Å². The van der Waals surface area contributed by atoms with Gasteiger partial charge in [-0.2, -0.15) is 13.2 Å². The smallest absolute Gasteiger partial charge is 0.418 e. The van der Waals surface area contributed by atoms with Crippen LogP contribution >= 0.6 is 22.9 Å². The molecule has 0 atom stereocenters. The van der Waals surface area contributed by atoms with Crippen LogP contribution in [0.2, 0.25) is 5.02 Å². The van der Waals surface area contributed by atoms with Gasteiger partial charge in [0.05, 0.1) is 16.8 Å². The summed E-state index contributed by atoms with van der Waals surface area (Å²) in [6, 6.07) is 19.6. The van der Waals surface area contributed by atoms with Gasteiger partial charge in [0.1, 0.15) is 12.4 Å². The molecule has 0 saturated heterocycles. The van der Waals surface area contributed by atoms with Crippen LogP contribution < -0.4 is 10.1 Å². The number of ether oxygens (including phenoxy) is 1. The largest absolute Gasteiger partial charge is 0.489 e. The Morgan fingerprint density at radius 1 is 1.03 bits per heavy atom. The Morgan fingerprint density at radius 2 is 1.82 bits per heavy atom. The first-order valence-electron chi connectivity index (χ1n) is 11.7. The molecule has 0 saturated carbocycles. The van der Waals surface area contributed by atoms with E-state index in [1.54, 1.807) is 61.6 Å². The Kier molecular flexibility index (Phi) is 6.94. The number of fused-ring (bicyclic) bond motifs is 1. The summed E-state index contributed by atoms with van der Waals surface area (Å²) in [7, 11) is 0. The number of amides is 1. The first kappa shape index (κ1) is 25.9. The number of rotatable bonds is 6. The summed E-state index contributed by atoms with van der Waals surface area (Å²) in [6.07, 6.45) is -4.52. The number of nitrogens with one attached hydrogen (secondary N) is 1. The topological polar surface area (TPSA) is 43.3 Å². The molecule has 3 aromatic carbocycles. The van der Waals surface area contributed by atoms with Gasteiger partial charge in [0.25, 0.3) is 5.91 Å². The molecular formula is C29H22ClF3N2O2S. The highest BCUT2D eigenvalue weighted by molar-refractivity contribution is 7.17. The molecule has 0 radical (unpaired) electrons. The fourth-order valence-corrected chi connectivity index (χ4v) is 5.56. The number of para-hydroxylation sites is 1. The average molecular weight is 555 g/mol. The van der Waals surface area contributed by atoms with Crippen LogP contribution in [0.1, 0.15) is 32.9 Å². The van der Waals surface area contributed by atoms with Gasteiger partial charge in [-0.25, -0.2) is 0 Å². The maximum absolute atomic E-state index is 13.6. The lowest BCUT2D eigenvalue weighted by atomic mass is 10.1. The number of aromatic nitrogens is 1. The highest BCUT2D eigenvalue weighted by Crippen LogP contribution is 2.36. The molecule has 38 heavy (non-hydrogen) atoms. The van der Waals surface area contributed by atoms with E-state index in [1.807, 2.05) is 23.6 Å². The zero-order valence-corrected chi connectivity index (χ0v) is 22.0. The number of carbonyl (C=O) groups is 1. The SMILES string of the molecule is Cc1cc(C(=O)Nc2cccc(OCc3csc4ccc(Cl)cc34)c2)c(C)n1-c1ccccc1C(F)(F)F. The first-order valence-corrected chi connectivity index (χ1v) is 12.9. The molecule has 5 aromatic rings. The number of alkyl halides is 3. The average Bonchev–Trinajstić information content (AvgIpc) is 3.41. The number of benzene rings is 3. The van der Waals surface area contributed by atoms with Gasteiger partial charge < -0.3 is 14.6 Å². The fraction of sp³-hybridized carbons (Fsp3) is 0.138. The molecule has 9 heteroatoms. The number of thiophene rings is 1. The lowest BCUT2D eigenvalue weighted by Crippen LogP contribution is -2.15. The van der Waals surface area contributed by atoms with Crippen molar-refractivity contribution in [2.45, 2.75) is 26.6 Å². The molecule has 0 aliphatic rings. The maximum Gasteiger partial charge on any atom is 0.418 e. The molecule has 1 N–H and O–H groups in total. The molecule has 2 heterocycles. The summed E-state index contributed by atoms with van der Waals surface area (Å²) in [5.74, 6) is 0.137. The van der Waals surface area contributed by atoms with Crippen molar-refractivity contribution in [3.63, 3.8) is 0 Å². The van der Waals surface area contributed by atoms with Crippen LogP contribution in [0.25, 0.3) is 15.8 Å². The quantitative estimate of drug-likeness (QED) is 0.228. The van der Waals surface area contributed by atoms with E-state index in [0.29, 0.717) is 34.5 Å². The second-order valence-electron chi connectivity index (χ2n) is 8.81. The molecule has 2 aromatic heterocycles. The fourth-order valence-electron chi connectivity index (χ4n) is 4.46. The molecule has 4 nitrogen and oxygen atoms in total. The minimum atomic E-state index is -4.52. The summed E-state index contributed by atoms with van der Waals surface area (Å²) in [6.45, 7) is 3.64.